The van der Waals surface area contributed by atoms with Gasteiger partial charge in [0.15, 0.2) is 0 Å². The van der Waals surface area contributed by atoms with Crippen molar-refractivity contribution < 1.29 is 12.9 Å². The highest BCUT2D eigenvalue weighted by Crippen LogP contribution is 2.34. The van der Waals surface area contributed by atoms with Crippen LogP contribution in [0.5, 0.6) is 0 Å². The molecular weight excluding hydrogens is 300 g/mol. The molecule has 22 heavy (non-hydrogen) atoms. The van der Waals surface area contributed by atoms with Gasteiger partial charge in [0.05, 0.1) is 10.5 Å². The lowest BCUT2D eigenvalue weighted by Crippen LogP contribution is -2.11. The molecule has 6 heteroatoms. The van der Waals surface area contributed by atoms with E-state index in [1.807, 2.05) is 37.3 Å². The SMILES string of the molecule is Cc1onc(-c2cccc(S(N)(=O)=O)c2)c1-c1ccccc1. The fraction of sp³-hybridized carbons (Fsp3) is 0.0625. The number of nitrogens with two attached hydrogens (primary N) is 1. The molecule has 0 saturated heterocycles. The molecule has 3 rings (SSSR count). The van der Waals surface area contributed by atoms with Gasteiger partial charge in [-0.2, -0.15) is 0 Å². The molecule has 5 nitrogen and oxygen atoms in total. The van der Waals surface area contributed by atoms with E-state index in [9.17, 15) is 8.42 Å². The lowest BCUT2D eigenvalue weighted by Gasteiger charge is -2.04. The third kappa shape index (κ3) is 2.66. The van der Waals surface area contributed by atoms with Crippen molar-refractivity contribution in [1.82, 2.24) is 5.16 Å². The van der Waals surface area contributed by atoms with Crippen molar-refractivity contribution in [2.24, 2.45) is 5.14 Å². The van der Waals surface area contributed by atoms with Crippen LogP contribution in [0.1, 0.15) is 5.76 Å². The topological polar surface area (TPSA) is 86.2 Å². The lowest BCUT2D eigenvalue weighted by atomic mass is 10.00. The second kappa shape index (κ2) is 5.40. The van der Waals surface area contributed by atoms with Crippen molar-refractivity contribution in [3.63, 3.8) is 0 Å². The van der Waals surface area contributed by atoms with Crippen molar-refractivity contribution >= 4 is 10.0 Å². The van der Waals surface area contributed by atoms with Gasteiger partial charge in [-0.1, -0.05) is 47.6 Å². The van der Waals surface area contributed by atoms with E-state index in [1.165, 1.54) is 12.1 Å². The van der Waals surface area contributed by atoms with E-state index in [0.29, 0.717) is 17.0 Å². The summed E-state index contributed by atoms with van der Waals surface area (Å²) >= 11 is 0. The van der Waals surface area contributed by atoms with E-state index >= 15 is 0 Å². The van der Waals surface area contributed by atoms with Crippen LogP contribution in [0, 0.1) is 6.92 Å². The molecule has 2 aromatic carbocycles. The second-order valence-corrected chi connectivity index (χ2v) is 6.46. The molecule has 0 aliphatic rings. The number of hydrogen-bond acceptors (Lipinski definition) is 4. The zero-order valence-electron chi connectivity index (χ0n) is 11.9. The average molecular weight is 314 g/mol. The van der Waals surface area contributed by atoms with Crippen molar-refractivity contribution in [1.29, 1.82) is 0 Å². The zero-order valence-corrected chi connectivity index (χ0v) is 12.7. The van der Waals surface area contributed by atoms with Gasteiger partial charge in [0.25, 0.3) is 0 Å². The molecule has 0 radical (unpaired) electrons. The summed E-state index contributed by atoms with van der Waals surface area (Å²) in [5.74, 6) is 0.669. The van der Waals surface area contributed by atoms with E-state index in [1.54, 1.807) is 12.1 Å². The number of hydrogen-bond donors (Lipinski definition) is 1. The Labute approximate surface area is 128 Å². The van der Waals surface area contributed by atoms with Gasteiger partial charge in [0.2, 0.25) is 10.0 Å². The number of primary sulfonamides is 1. The average Bonchev–Trinajstić information content (AvgIpc) is 2.89. The number of rotatable bonds is 3. The first-order valence-corrected chi connectivity index (χ1v) is 8.16. The van der Waals surface area contributed by atoms with E-state index in [0.717, 1.165) is 11.1 Å². The highest BCUT2D eigenvalue weighted by Gasteiger charge is 2.18. The van der Waals surface area contributed by atoms with Crippen LogP contribution in [0.25, 0.3) is 22.4 Å². The molecule has 0 aliphatic heterocycles. The van der Waals surface area contributed by atoms with Crippen LogP contribution in [0.4, 0.5) is 0 Å². The predicted octanol–water partition coefficient (Wildman–Crippen LogP) is 2.96. The van der Waals surface area contributed by atoms with E-state index < -0.39 is 10.0 Å². The molecule has 0 unspecified atom stereocenters. The molecule has 0 atom stereocenters. The highest BCUT2D eigenvalue weighted by atomic mass is 32.2. The van der Waals surface area contributed by atoms with Crippen molar-refractivity contribution in [3.05, 3.63) is 60.4 Å². The molecule has 3 aromatic rings. The molecule has 1 aromatic heterocycles. The van der Waals surface area contributed by atoms with Gasteiger partial charge in [-0.3, -0.25) is 0 Å². The second-order valence-electron chi connectivity index (χ2n) is 4.90. The van der Waals surface area contributed by atoms with Gasteiger partial charge < -0.3 is 4.52 Å². The Morgan fingerprint density at radius 2 is 1.68 bits per heavy atom. The number of aryl methyl sites for hydroxylation is 1. The quantitative estimate of drug-likeness (QED) is 0.805. The van der Waals surface area contributed by atoms with Crippen LogP contribution in [-0.4, -0.2) is 13.6 Å². The highest BCUT2D eigenvalue weighted by molar-refractivity contribution is 7.89. The van der Waals surface area contributed by atoms with Crippen LogP contribution in [0.2, 0.25) is 0 Å². The van der Waals surface area contributed by atoms with Gasteiger partial charge in [-0.05, 0) is 24.6 Å². The minimum Gasteiger partial charge on any atom is -0.360 e. The summed E-state index contributed by atoms with van der Waals surface area (Å²) in [5, 5.41) is 9.26. The van der Waals surface area contributed by atoms with Gasteiger partial charge >= 0.3 is 0 Å². The molecule has 0 bridgehead atoms. The molecule has 1 heterocycles. The molecule has 112 valence electrons. The monoisotopic (exact) mass is 314 g/mol. The van der Waals surface area contributed by atoms with E-state index in [-0.39, 0.29) is 4.90 Å². The Morgan fingerprint density at radius 3 is 2.36 bits per heavy atom. The minimum absolute atomic E-state index is 0.0460. The molecule has 2 N–H and O–H groups in total. The van der Waals surface area contributed by atoms with Crippen LogP contribution >= 0.6 is 0 Å². The van der Waals surface area contributed by atoms with E-state index in [2.05, 4.69) is 5.16 Å². The van der Waals surface area contributed by atoms with Gasteiger partial charge in [-0.25, -0.2) is 13.6 Å². The third-order valence-corrected chi connectivity index (χ3v) is 4.27. The molecule has 0 amide bonds. The predicted molar refractivity (Wildman–Crippen MR) is 83.5 cm³/mol. The first-order chi connectivity index (χ1) is 10.5. The van der Waals surface area contributed by atoms with Gasteiger partial charge in [0.1, 0.15) is 11.5 Å². The molecule has 0 fully saturated rings. The van der Waals surface area contributed by atoms with Crippen LogP contribution in [0.15, 0.2) is 64.0 Å². The molecular formula is C16H14N2O3S. The first kappa shape index (κ1) is 14.5. The normalized spacial score (nSPS) is 11.5. The number of benzene rings is 2. The Hall–Kier alpha value is -2.44. The summed E-state index contributed by atoms with van der Waals surface area (Å²) in [6.45, 7) is 1.82. The number of sulfonamides is 1. The standard InChI is InChI=1S/C16H14N2O3S/c1-11-15(12-6-3-2-4-7-12)16(18-21-11)13-8-5-9-14(10-13)22(17,19)20/h2-10H,1H3,(H2,17,19,20). The van der Waals surface area contributed by atoms with Crippen LogP contribution in [0.3, 0.4) is 0 Å². The fourth-order valence-corrected chi connectivity index (χ4v) is 2.89. The molecule has 0 saturated carbocycles. The summed E-state index contributed by atoms with van der Waals surface area (Å²) in [6, 6.07) is 16.0. The Kier molecular flexibility index (Phi) is 3.56. The smallest absolute Gasteiger partial charge is 0.238 e. The summed E-state index contributed by atoms with van der Waals surface area (Å²) in [4.78, 5) is 0.0460. The lowest BCUT2D eigenvalue weighted by molar-refractivity contribution is 0.400. The Morgan fingerprint density at radius 1 is 1.00 bits per heavy atom. The number of aromatic nitrogens is 1. The minimum atomic E-state index is -3.76. The van der Waals surface area contributed by atoms with Gasteiger partial charge in [0, 0.05) is 5.56 Å². The van der Waals surface area contributed by atoms with Crippen molar-refractivity contribution in [2.45, 2.75) is 11.8 Å². The van der Waals surface area contributed by atoms with E-state index in [4.69, 9.17) is 9.66 Å². The fourth-order valence-electron chi connectivity index (χ4n) is 2.33. The maximum Gasteiger partial charge on any atom is 0.238 e. The summed E-state index contributed by atoms with van der Waals surface area (Å²) < 4.78 is 28.3. The maximum absolute atomic E-state index is 11.5. The first-order valence-electron chi connectivity index (χ1n) is 6.62. The van der Waals surface area contributed by atoms with Crippen LogP contribution < -0.4 is 5.14 Å². The summed E-state index contributed by atoms with van der Waals surface area (Å²) in [5.41, 5.74) is 3.03. The van der Waals surface area contributed by atoms with Crippen molar-refractivity contribution in [3.8, 4) is 22.4 Å². The Balaban J connectivity index is 2.19. The zero-order chi connectivity index (χ0) is 15.7. The largest absolute Gasteiger partial charge is 0.360 e. The number of nitrogens with zero attached hydrogens (tertiary/aromatic N) is 1. The third-order valence-electron chi connectivity index (χ3n) is 3.36. The maximum atomic E-state index is 11.5. The molecule has 0 aliphatic carbocycles. The Bertz CT molecular complexity index is 916. The molecule has 0 spiro atoms. The van der Waals surface area contributed by atoms with Crippen LogP contribution in [-0.2, 0) is 10.0 Å². The van der Waals surface area contributed by atoms with Crippen molar-refractivity contribution in [2.75, 3.05) is 0 Å². The summed E-state index contributed by atoms with van der Waals surface area (Å²) in [7, 11) is -3.76. The summed E-state index contributed by atoms with van der Waals surface area (Å²) in [6.07, 6.45) is 0. The van der Waals surface area contributed by atoms with Gasteiger partial charge in [-0.15, -0.1) is 0 Å².